The van der Waals surface area contributed by atoms with Crippen molar-refractivity contribution in [2.24, 2.45) is 12.1 Å². The van der Waals surface area contributed by atoms with Crippen molar-refractivity contribution in [1.29, 1.82) is 0 Å². The van der Waals surface area contributed by atoms with E-state index >= 15 is 0 Å². The Bertz CT molecular complexity index is 1410. The summed E-state index contributed by atoms with van der Waals surface area (Å²) in [4.78, 5) is 0. The van der Waals surface area contributed by atoms with Gasteiger partial charge >= 0.3 is 0 Å². The summed E-state index contributed by atoms with van der Waals surface area (Å²) in [6.45, 7) is 4.28. The second-order valence-corrected chi connectivity index (χ2v) is 8.26. The fourth-order valence-electron chi connectivity index (χ4n) is 4.23. The zero-order chi connectivity index (χ0) is 22.1. The molecule has 0 bridgehead atoms. The van der Waals surface area contributed by atoms with Crippen LogP contribution in [-0.4, -0.2) is 10.8 Å². The minimum absolute atomic E-state index is 1.03. The molecule has 158 valence electrons. The summed E-state index contributed by atoms with van der Waals surface area (Å²) < 4.78 is 2.25. The van der Waals surface area contributed by atoms with Gasteiger partial charge in [0.15, 0.2) is 0 Å². The van der Waals surface area contributed by atoms with Gasteiger partial charge in [-0.15, -0.1) is 0 Å². The lowest BCUT2D eigenvalue weighted by molar-refractivity contribution is 1.01. The van der Waals surface area contributed by atoms with E-state index in [2.05, 4.69) is 116 Å². The van der Waals surface area contributed by atoms with E-state index in [1.807, 2.05) is 11.2 Å². The first kappa shape index (κ1) is 20.1. The van der Waals surface area contributed by atoms with Crippen LogP contribution in [0.25, 0.3) is 21.8 Å². The van der Waals surface area contributed by atoms with Gasteiger partial charge in [-0.3, -0.25) is 0 Å². The average molecular weight is 418 g/mol. The lowest BCUT2D eigenvalue weighted by Gasteiger charge is -2.20. The summed E-state index contributed by atoms with van der Waals surface area (Å²) in [5.74, 6) is 0. The Kier molecular flexibility index (Phi) is 5.24. The van der Waals surface area contributed by atoms with Gasteiger partial charge < -0.3 is 4.57 Å². The quantitative estimate of drug-likeness (QED) is 0.216. The molecule has 0 saturated carbocycles. The smallest absolute Gasteiger partial charge is 0.0652 e. The van der Waals surface area contributed by atoms with E-state index in [1.165, 1.54) is 32.9 Å². The molecule has 4 aromatic carbocycles. The van der Waals surface area contributed by atoms with Crippen LogP contribution in [0, 0.1) is 6.92 Å². The van der Waals surface area contributed by atoms with Gasteiger partial charge in [0.25, 0.3) is 0 Å². The largest absolute Gasteiger partial charge is 0.344 e. The highest BCUT2D eigenvalue weighted by atomic mass is 15.5. The standard InChI is InChI=1S/C29H27N3/c1-4-22-11-16-25(17-12-22)32(24-14-9-21(2)10-15-24)30-20-23-13-18-29-27(19-23)26-7-5-6-8-28(26)31(29)3/h5-20H,4H2,1-3H3/b30-20+. The summed E-state index contributed by atoms with van der Waals surface area (Å²) >= 11 is 0. The van der Waals surface area contributed by atoms with Crippen molar-refractivity contribution >= 4 is 39.4 Å². The number of fused-ring (bicyclic) bond motifs is 3. The molecule has 0 amide bonds. The molecular weight excluding hydrogens is 390 g/mol. The van der Waals surface area contributed by atoms with Crippen molar-refractivity contribution in [3.63, 3.8) is 0 Å². The number of benzene rings is 4. The first-order chi connectivity index (χ1) is 15.6. The van der Waals surface area contributed by atoms with E-state index in [0.717, 1.165) is 23.4 Å². The molecule has 1 heterocycles. The monoisotopic (exact) mass is 417 g/mol. The van der Waals surface area contributed by atoms with Crippen LogP contribution in [0.15, 0.2) is 96.1 Å². The van der Waals surface area contributed by atoms with Crippen molar-refractivity contribution < 1.29 is 0 Å². The van der Waals surface area contributed by atoms with Gasteiger partial charge in [0, 0.05) is 28.9 Å². The van der Waals surface area contributed by atoms with Crippen LogP contribution < -0.4 is 5.01 Å². The number of nitrogens with zero attached hydrogens (tertiary/aromatic N) is 3. The minimum atomic E-state index is 1.03. The van der Waals surface area contributed by atoms with E-state index in [-0.39, 0.29) is 0 Å². The SMILES string of the molecule is CCc1ccc(N(/N=C/c2ccc3c(c2)c2ccccc2n3C)c2ccc(C)cc2)cc1. The van der Waals surface area contributed by atoms with Gasteiger partial charge in [-0.05, 0) is 66.9 Å². The number of para-hydroxylation sites is 1. The molecule has 32 heavy (non-hydrogen) atoms. The van der Waals surface area contributed by atoms with Gasteiger partial charge in [-0.2, -0.15) is 5.10 Å². The highest BCUT2D eigenvalue weighted by Crippen LogP contribution is 2.29. The van der Waals surface area contributed by atoms with Crippen LogP contribution >= 0.6 is 0 Å². The number of hydrogen-bond donors (Lipinski definition) is 0. The molecule has 0 N–H and O–H groups in total. The highest BCUT2D eigenvalue weighted by Gasteiger charge is 2.10. The van der Waals surface area contributed by atoms with E-state index in [1.54, 1.807) is 0 Å². The molecule has 5 rings (SSSR count). The zero-order valence-electron chi connectivity index (χ0n) is 18.8. The van der Waals surface area contributed by atoms with Gasteiger partial charge in [-0.25, -0.2) is 5.01 Å². The zero-order valence-corrected chi connectivity index (χ0v) is 18.8. The second kappa shape index (κ2) is 8.35. The Labute approximate surface area is 189 Å². The van der Waals surface area contributed by atoms with Crippen LogP contribution in [0.1, 0.15) is 23.6 Å². The van der Waals surface area contributed by atoms with Crippen LogP contribution in [0.4, 0.5) is 11.4 Å². The van der Waals surface area contributed by atoms with E-state index in [0.29, 0.717) is 0 Å². The van der Waals surface area contributed by atoms with Crippen molar-refractivity contribution in [3.8, 4) is 0 Å². The van der Waals surface area contributed by atoms with Gasteiger partial charge in [0.05, 0.1) is 17.6 Å². The fraction of sp³-hybridized carbons (Fsp3) is 0.138. The van der Waals surface area contributed by atoms with Crippen LogP contribution in [0.3, 0.4) is 0 Å². The third kappa shape index (κ3) is 3.67. The molecule has 1 aromatic heterocycles. The summed E-state index contributed by atoms with van der Waals surface area (Å²) in [7, 11) is 2.12. The highest BCUT2D eigenvalue weighted by molar-refractivity contribution is 6.09. The Balaban J connectivity index is 1.56. The van der Waals surface area contributed by atoms with Gasteiger partial charge in [-0.1, -0.05) is 61.0 Å². The molecule has 5 aromatic rings. The normalized spacial score (nSPS) is 11.6. The summed E-state index contributed by atoms with van der Waals surface area (Å²) in [6.07, 6.45) is 2.98. The third-order valence-corrected chi connectivity index (χ3v) is 6.13. The van der Waals surface area contributed by atoms with Crippen LogP contribution in [-0.2, 0) is 13.5 Å². The lowest BCUT2D eigenvalue weighted by atomic mass is 10.1. The van der Waals surface area contributed by atoms with Crippen LogP contribution in [0.2, 0.25) is 0 Å². The van der Waals surface area contributed by atoms with Crippen LogP contribution in [0.5, 0.6) is 0 Å². The maximum absolute atomic E-state index is 4.91. The maximum atomic E-state index is 4.91. The molecule has 0 fully saturated rings. The molecular formula is C29H27N3. The van der Waals surface area contributed by atoms with E-state index in [4.69, 9.17) is 5.10 Å². The Morgan fingerprint density at radius 2 is 1.44 bits per heavy atom. The third-order valence-electron chi connectivity index (χ3n) is 6.13. The Hall–Kier alpha value is -3.85. The number of rotatable bonds is 5. The average Bonchev–Trinajstić information content (AvgIpc) is 3.12. The number of hydrazone groups is 1. The van der Waals surface area contributed by atoms with Gasteiger partial charge in [0.2, 0.25) is 0 Å². The first-order valence-electron chi connectivity index (χ1n) is 11.1. The van der Waals surface area contributed by atoms with Crippen molar-refractivity contribution in [1.82, 2.24) is 4.57 Å². The molecule has 0 unspecified atom stereocenters. The van der Waals surface area contributed by atoms with Crippen molar-refractivity contribution in [2.45, 2.75) is 20.3 Å². The van der Waals surface area contributed by atoms with Crippen molar-refractivity contribution in [3.05, 3.63) is 108 Å². The predicted molar refractivity (Wildman–Crippen MR) is 137 cm³/mol. The number of aryl methyl sites for hydroxylation is 3. The Morgan fingerprint density at radius 3 is 2.16 bits per heavy atom. The molecule has 0 atom stereocenters. The van der Waals surface area contributed by atoms with Gasteiger partial charge in [0.1, 0.15) is 0 Å². The molecule has 0 aliphatic carbocycles. The lowest BCUT2D eigenvalue weighted by Crippen LogP contribution is -2.09. The predicted octanol–water partition coefficient (Wildman–Crippen LogP) is 7.37. The molecule has 0 aliphatic heterocycles. The minimum Gasteiger partial charge on any atom is -0.344 e. The fourth-order valence-corrected chi connectivity index (χ4v) is 4.23. The van der Waals surface area contributed by atoms with E-state index in [9.17, 15) is 0 Å². The molecule has 0 spiro atoms. The number of hydrogen-bond acceptors (Lipinski definition) is 2. The summed E-state index contributed by atoms with van der Waals surface area (Å²) in [5, 5.41) is 9.44. The molecule has 3 nitrogen and oxygen atoms in total. The molecule has 0 saturated heterocycles. The number of aromatic nitrogens is 1. The molecule has 3 heteroatoms. The number of anilines is 2. The maximum Gasteiger partial charge on any atom is 0.0652 e. The summed E-state index contributed by atoms with van der Waals surface area (Å²) in [6, 6.07) is 32.2. The summed E-state index contributed by atoms with van der Waals surface area (Å²) in [5.41, 5.74) is 8.21. The Morgan fingerprint density at radius 1 is 0.781 bits per heavy atom. The molecule has 0 radical (unpaired) electrons. The molecule has 0 aliphatic rings. The first-order valence-corrected chi connectivity index (χ1v) is 11.1. The topological polar surface area (TPSA) is 20.5 Å². The van der Waals surface area contributed by atoms with Crippen molar-refractivity contribution in [2.75, 3.05) is 5.01 Å². The van der Waals surface area contributed by atoms with E-state index < -0.39 is 0 Å². The second-order valence-electron chi connectivity index (χ2n) is 8.26.